The smallest absolute Gasteiger partial charge is 0.337 e. The van der Waals surface area contributed by atoms with Crippen molar-refractivity contribution in [1.82, 2.24) is 15.0 Å². The highest BCUT2D eigenvalue weighted by atomic mass is 35.5. The summed E-state index contributed by atoms with van der Waals surface area (Å²) in [7, 11) is 2.70. The van der Waals surface area contributed by atoms with Gasteiger partial charge in [0.1, 0.15) is 11.6 Å². The summed E-state index contributed by atoms with van der Waals surface area (Å²) >= 11 is 37.5. The van der Waals surface area contributed by atoms with E-state index >= 15 is 13.2 Å². The third-order valence-corrected chi connectivity index (χ3v) is 34.6. The number of nitrogens with two attached hydrogens (primary N) is 1. The molecule has 9 fully saturated rings. The molecule has 3 saturated heterocycles. The number of ether oxygens (including phenoxy) is 5. The Bertz CT molecular complexity index is 5570. The number of benzene rings is 3. The number of aliphatic carboxylic acids is 2. The van der Waals surface area contributed by atoms with E-state index in [1.165, 1.54) is 38.9 Å². The maximum atomic E-state index is 16.1. The number of carboxylic acid groups (broad SMARTS) is 2. The Hall–Kier alpha value is -7.89. The number of nitrogens with one attached hydrogen (secondary N) is 3. The second-order valence-electron chi connectivity index (χ2n) is 42.3. The molecular formula is C100H116Cl6F3N7O16. The van der Waals surface area contributed by atoms with E-state index in [1.54, 1.807) is 75.4 Å². The van der Waals surface area contributed by atoms with Gasteiger partial charge in [0.05, 0.1) is 56.2 Å². The third-order valence-electron chi connectivity index (χ3n) is 33.1. The maximum absolute atomic E-state index is 16.1. The minimum absolute atomic E-state index is 0.0334. The molecule has 132 heavy (non-hydrogen) atoms. The molecule has 710 valence electrons. The first-order chi connectivity index (χ1) is 62.1. The molecule has 18 rings (SSSR count). The van der Waals surface area contributed by atoms with E-state index in [9.17, 15) is 53.4 Å². The van der Waals surface area contributed by atoms with Crippen molar-refractivity contribution in [3.63, 3.8) is 0 Å². The Kier molecular flexibility index (Phi) is 27.3. The minimum Gasteiger partial charge on any atom is -0.481 e. The number of aromatic nitrogens is 3. The largest absolute Gasteiger partial charge is 0.481 e. The zero-order chi connectivity index (χ0) is 95.6. The number of amides is 3. The second-order valence-corrected chi connectivity index (χ2v) is 44.7. The zero-order valence-electron chi connectivity index (χ0n) is 76.2. The molecule has 3 aromatic heterocycles. The van der Waals surface area contributed by atoms with E-state index in [1.807, 2.05) is 12.1 Å². The Balaban J connectivity index is 0.000000143. The molecule has 7 N–H and O–H groups in total. The fourth-order valence-electron chi connectivity index (χ4n) is 25.5. The number of ketones is 2. The van der Waals surface area contributed by atoms with E-state index in [0.717, 1.165) is 68.9 Å². The van der Waals surface area contributed by atoms with Crippen molar-refractivity contribution in [1.29, 1.82) is 0 Å². The van der Waals surface area contributed by atoms with Gasteiger partial charge in [-0.3, -0.25) is 28.8 Å². The van der Waals surface area contributed by atoms with Crippen LogP contribution in [0.4, 0.5) is 30.2 Å². The molecule has 6 aliphatic heterocycles. The minimum atomic E-state index is -1.28. The number of halogens is 9. The summed E-state index contributed by atoms with van der Waals surface area (Å²) in [6, 6.07) is 20.6. The number of carbonyl (C=O) groups excluding carboxylic acids is 7. The molecule has 3 aromatic carbocycles. The maximum Gasteiger partial charge on any atom is 0.337 e. The number of Topliss-reactive ketones (excluding diaryl/α,β-unsaturated/α-hetero) is 2. The van der Waals surface area contributed by atoms with Crippen LogP contribution in [0.3, 0.4) is 0 Å². The van der Waals surface area contributed by atoms with Crippen molar-refractivity contribution in [2.45, 2.75) is 267 Å². The highest BCUT2D eigenvalue weighted by molar-refractivity contribution is 6.33. The van der Waals surface area contributed by atoms with Crippen LogP contribution in [0.1, 0.15) is 261 Å². The average Bonchev–Trinajstić information content (AvgIpc) is 1.51. The van der Waals surface area contributed by atoms with Crippen LogP contribution in [0, 0.1) is 79.5 Å². The Labute approximate surface area is 797 Å². The number of nitrogens with zero attached hydrogens (tertiary/aromatic N) is 3. The summed E-state index contributed by atoms with van der Waals surface area (Å²) in [6.45, 7) is 19.1. The lowest BCUT2D eigenvalue weighted by Gasteiger charge is -2.51. The van der Waals surface area contributed by atoms with Gasteiger partial charge in [-0.15, -0.1) is 0 Å². The van der Waals surface area contributed by atoms with Crippen LogP contribution in [-0.2, 0) is 83.1 Å². The first-order valence-corrected chi connectivity index (χ1v) is 48.0. The predicted octanol–water partition coefficient (Wildman–Crippen LogP) is 21.0. The van der Waals surface area contributed by atoms with Crippen molar-refractivity contribution in [2.75, 3.05) is 50.0 Å². The Morgan fingerprint density at radius 1 is 0.424 bits per heavy atom. The van der Waals surface area contributed by atoms with Gasteiger partial charge >= 0.3 is 23.9 Å². The zero-order valence-corrected chi connectivity index (χ0v) is 80.7. The van der Waals surface area contributed by atoms with Crippen molar-refractivity contribution in [2.24, 2.45) is 67.8 Å². The number of hydrogen-bond acceptors (Lipinski definition) is 18. The van der Waals surface area contributed by atoms with Crippen LogP contribution in [0.2, 0.25) is 30.5 Å². The molecule has 15 atom stereocenters. The number of hydrogen-bond donors (Lipinski definition) is 6. The molecule has 6 aliphatic carbocycles. The lowest BCUT2D eigenvalue weighted by molar-refractivity contribution is -0.177. The number of esters is 2. The fourth-order valence-corrected chi connectivity index (χ4v) is 26.5. The summed E-state index contributed by atoms with van der Waals surface area (Å²) in [6.07, 6.45) is 18.5. The highest BCUT2D eigenvalue weighted by Gasteiger charge is 2.76. The van der Waals surface area contributed by atoms with Crippen molar-refractivity contribution >= 4 is 140 Å². The van der Waals surface area contributed by atoms with Gasteiger partial charge in [0.25, 0.3) is 0 Å². The molecular weight excluding hydrogens is 1820 g/mol. The highest BCUT2D eigenvalue weighted by Crippen LogP contribution is 2.77. The van der Waals surface area contributed by atoms with E-state index in [0.29, 0.717) is 115 Å². The van der Waals surface area contributed by atoms with Gasteiger partial charge in [-0.05, 0) is 288 Å². The van der Waals surface area contributed by atoms with Crippen LogP contribution < -0.4 is 21.7 Å². The number of pyridine rings is 3. The number of anilines is 3. The second kappa shape index (κ2) is 36.5. The van der Waals surface area contributed by atoms with E-state index in [-0.39, 0.29) is 134 Å². The molecule has 9 heterocycles. The molecule has 23 nitrogen and oxygen atoms in total. The van der Waals surface area contributed by atoms with Crippen molar-refractivity contribution < 1.29 is 90.2 Å². The molecule has 0 bridgehead atoms. The molecule has 6 spiro atoms. The van der Waals surface area contributed by atoms with Gasteiger partial charge in [-0.1, -0.05) is 129 Å². The van der Waals surface area contributed by atoms with Crippen LogP contribution in [0.5, 0.6) is 0 Å². The first-order valence-electron chi connectivity index (χ1n) is 45.7. The molecule has 6 saturated carbocycles. The molecule has 0 radical (unpaired) electrons. The number of rotatable bonds is 13. The molecule has 6 aromatic rings. The summed E-state index contributed by atoms with van der Waals surface area (Å²) < 4.78 is 74.2. The topological polar surface area (TPSA) is 341 Å². The van der Waals surface area contributed by atoms with Crippen LogP contribution in [0.15, 0.2) is 91.4 Å². The normalized spacial score (nSPS) is 31.9. The van der Waals surface area contributed by atoms with E-state index in [4.69, 9.17) is 94.3 Å². The standard InChI is InChI=1S/C34H39Cl2FN2O5.C33H37Cl2FN2O5.C25H25Cl2FN2O3.C8H15NO3/c1-31(2)10-12-33(13-11-31)17-22(25(40)15-19-7-9-32(3,44-18-19)30(42)43-4)26(21-8-14-38-28(36)27(21)37)34(33)23-6-5-20(35)16-24(23)39-29(34)41;1-30(2)9-11-32(12-10-30)16-21(24(39)14-18-6-8-31(3,29(41)42)43-17-18)25(20-7-13-37-27(35)26(20)36)33(32)22-5-4-19(34)15-23(22)38-28(33)40;1-23(2)6-8-24(9-7-23)12-15(21(31)32)18(14-5-10-29-20(27)19(14)28)25(24)16-4-3-13(26)11-17(16)30-22(25)33;1-8(7(10)11-2)4-3-6(9)5-12-8/h5-6,8,14,16,19,22,26H,7,9-13,15,17-18H2,1-4H3,(H,39,41);4-5,7,13,15,18,21,25H,6,8-12,14,16-17H2,1-3H3,(H,38,40)(H,41,42);3-5,10-11,15,18H,6-9,12H2,1-2H3,(H,30,33)(H,31,32);6H,3-5,9H2,1-2H3/t19-,22-,26-,32?,34+;18-,21-,25-,31?,33+;15-,18+,25-;6-,8?/m0011/s1. The van der Waals surface area contributed by atoms with Gasteiger partial charge in [0.15, 0.2) is 49.7 Å². The SMILES string of the molecule is CC1(C)CCC2(CC1)C[C@@H](C(=O)C[C@@H]1CCC(C)(C(=O)O)OC1)[C@H](c1ccnc(Cl)c1F)[C@]21C(=O)Nc2cc(Cl)ccc21.CC1(C)CCC2(CC1)C[C@@H](C(=O)O)[C@H](c1ccnc(Cl)c1F)[C@]21C(=O)Nc2cc(Cl)ccc21.COC(=O)C1(C)CC[C@@H](CC(=O)[C@@H]2CC3(CCC(C)(C)CC3)[C@@]3(C(=O)Nc4cc(Cl)ccc43)[C@H]2c2ccnc(Cl)c2F)CO1.COC(=O)C1(C)CC[C@@H](N)CO1. The lowest BCUT2D eigenvalue weighted by Crippen LogP contribution is -2.52. The van der Waals surface area contributed by atoms with Gasteiger partial charge in [0.2, 0.25) is 17.7 Å². The first kappa shape index (κ1) is 98.6. The summed E-state index contributed by atoms with van der Waals surface area (Å²) in [5, 5.41) is 29.5. The summed E-state index contributed by atoms with van der Waals surface area (Å²) in [4.78, 5) is 132. The third kappa shape index (κ3) is 16.9. The predicted molar refractivity (Wildman–Crippen MR) is 494 cm³/mol. The van der Waals surface area contributed by atoms with Gasteiger partial charge in [-0.2, -0.15) is 0 Å². The molecule has 12 aliphatic rings. The van der Waals surface area contributed by atoms with E-state index in [2.05, 4.69) is 77.2 Å². The Morgan fingerprint density at radius 2 is 0.720 bits per heavy atom. The quantitative estimate of drug-likeness (QED) is 0.0462. The van der Waals surface area contributed by atoms with Gasteiger partial charge < -0.3 is 55.6 Å². The van der Waals surface area contributed by atoms with Crippen LogP contribution in [0.25, 0.3) is 0 Å². The average molecular weight is 1940 g/mol. The van der Waals surface area contributed by atoms with E-state index < -0.39 is 120 Å². The van der Waals surface area contributed by atoms with Crippen LogP contribution in [-0.4, -0.2) is 135 Å². The number of carboxylic acids is 2. The van der Waals surface area contributed by atoms with Crippen LogP contribution >= 0.6 is 69.6 Å². The number of fused-ring (bicyclic) bond motifs is 9. The van der Waals surface area contributed by atoms with Gasteiger partial charge in [-0.25, -0.2) is 42.5 Å². The van der Waals surface area contributed by atoms with Crippen molar-refractivity contribution in [3.05, 3.63) is 173 Å². The summed E-state index contributed by atoms with van der Waals surface area (Å²) in [5.41, 5.74) is 1.79. The fraction of sp³-hybridized carbons (Fsp3) is 0.580. The Morgan fingerprint density at radius 3 is 1.00 bits per heavy atom. The lowest BCUT2D eigenvalue weighted by atomic mass is 9.51. The number of carbonyl (C=O) groups is 9. The number of methoxy groups -OCH3 is 2. The molecule has 32 heteroatoms. The summed E-state index contributed by atoms with van der Waals surface area (Å²) in [5.74, 6) is -11.0. The monoisotopic (exact) mass is 1940 g/mol. The molecule has 3 amide bonds. The molecule has 3 unspecified atom stereocenters. The van der Waals surface area contributed by atoms with Crippen molar-refractivity contribution in [3.8, 4) is 0 Å². The van der Waals surface area contributed by atoms with Gasteiger partial charge in [0, 0.05) is 99.2 Å².